The number of likely N-dealkylation sites (tertiary alicyclic amines) is 1. The molecule has 1 aromatic heterocycles. The first kappa shape index (κ1) is 14.6. The van der Waals surface area contributed by atoms with Gasteiger partial charge in [0.05, 0.1) is 11.3 Å². The zero-order valence-electron chi connectivity index (χ0n) is 11.3. The van der Waals surface area contributed by atoms with Gasteiger partial charge in [0.15, 0.2) is 0 Å². The first-order chi connectivity index (χ1) is 9.40. The second kappa shape index (κ2) is 5.68. The molecule has 1 saturated heterocycles. The van der Waals surface area contributed by atoms with Crippen molar-refractivity contribution in [2.45, 2.75) is 18.9 Å². The number of amides is 2. The van der Waals surface area contributed by atoms with Gasteiger partial charge in [0, 0.05) is 6.04 Å². The van der Waals surface area contributed by atoms with Crippen LogP contribution in [0.1, 0.15) is 32.9 Å². The molecule has 0 aromatic carbocycles. The zero-order valence-corrected chi connectivity index (χ0v) is 12.1. The van der Waals surface area contributed by atoms with Gasteiger partial charge in [-0.25, -0.2) is 0 Å². The van der Waals surface area contributed by atoms with Crippen molar-refractivity contribution in [2.24, 2.45) is 11.5 Å². The fourth-order valence-electron chi connectivity index (χ4n) is 2.31. The van der Waals surface area contributed by atoms with Crippen LogP contribution in [0.3, 0.4) is 0 Å². The van der Waals surface area contributed by atoms with Crippen LogP contribution >= 0.6 is 11.3 Å². The summed E-state index contributed by atoms with van der Waals surface area (Å²) in [5.74, 6) is -1.30. The molecule has 110 valence electrons. The van der Waals surface area contributed by atoms with E-state index < -0.39 is 11.8 Å². The number of carbonyl (C=O) groups excluding carboxylic acids is 2. The minimum absolute atomic E-state index is 0.0745. The number of anilines is 2. The molecule has 0 spiro atoms. The molecule has 7 N–H and O–H groups in total. The molecule has 1 aliphatic heterocycles. The fourth-order valence-corrected chi connectivity index (χ4v) is 3.37. The molecular formula is C12H19N5O2S. The third-order valence-corrected chi connectivity index (χ3v) is 4.62. The number of piperidine rings is 1. The van der Waals surface area contributed by atoms with Crippen LogP contribution in [0, 0.1) is 0 Å². The van der Waals surface area contributed by atoms with Gasteiger partial charge < -0.3 is 27.4 Å². The molecular weight excluding hydrogens is 278 g/mol. The van der Waals surface area contributed by atoms with Crippen LogP contribution in [0.4, 0.5) is 10.7 Å². The Balaban J connectivity index is 2.24. The predicted octanol–water partition coefficient (Wildman–Crippen LogP) is 0.0342. The van der Waals surface area contributed by atoms with Crippen molar-refractivity contribution in [2.75, 3.05) is 31.2 Å². The number of nitrogens with one attached hydrogen (secondary N) is 1. The van der Waals surface area contributed by atoms with Crippen molar-refractivity contribution < 1.29 is 9.59 Å². The lowest BCUT2D eigenvalue weighted by atomic mass is 10.1. The molecule has 2 heterocycles. The Hall–Kier alpha value is -1.80. The Labute approximate surface area is 121 Å². The molecule has 0 saturated carbocycles. The van der Waals surface area contributed by atoms with Crippen LogP contribution in [0.2, 0.25) is 0 Å². The van der Waals surface area contributed by atoms with Crippen LogP contribution in [0.25, 0.3) is 0 Å². The van der Waals surface area contributed by atoms with E-state index in [2.05, 4.69) is 17.3 Å². The Morgan fingerprint density at radius 3 is 2.35 bits per heavy atom. The van der Waals surface area contributed by atoms with Crippen LogP contribution < -0.4 is 22.5 Å². The number of nitrogens with two attached hydrogens (primary N) is 3. The minimum atomic E-state index is -0.651. The smallest absolute Gasteiger partial charge is 0.260 e. The maximum absolute atomic E-state index is 11.5. The van der Waals surface area contributed by atoms with Gasteiger partial charge in [-0.2, -0.15) is 0 Å². The molecule has 2 amide bonds. The van der Waals surface area contributed by atoms with E-state index in [4.69, 9.17) is 17.2 Å². The summed E-state index contributed by atoms with van der Waals surface area (Å²) in [7, 11) is 2.07. The number of carbonyl (C=O) groups is 2. The van der Waals surface area contributed by atoms with Crippen LogP contribution in [-0.2, 0) is 0 Å². The summed E-state index contributed by atoms with van der Waals surface area (Å²) in [6, 6.07) is 0.239. The minimum Gasteiger partial charge on any atom is -0.397 e. The monoisotopic (exact) mass is 297 g/mol. The highest BCUT2D eigenvalue weighted by Crippen LogP contribution is 2.36. The van der Waals surface area contributed by atoms with Gasteiger partial charge in [0.25, 0.3) is 11.8 Å². The maximum Gasteiger partial charge on any atom is 0.260 e. The van der Waals surface area contributed by atoms with Crippen molar-refractivity contribution in [3.05, 3.63) is 10.4 Å². The summed E-state index contributed by atoms with van der Waals surface area (Å²) in [6.07, 6.45) is 1.91. The molecule has 0 radical (unpaired) electrons. The van der Waals surface area contributed by atoms with E-state index >= 15 is 0 Å². The zero-order chi connectivity index (χ0) is 14.9. The predicted molar refractivity (Wildman–Crippen MR) is 79.9 cm³/mol. The van der Waals surface area contributed by atoms with E-state index in [0.29, 0.717) is 5.00 Å². The van der Waals surface area contributed by atoms with E-state index in [9.17, 15) is 9.59 Å². The topological polar surface area (TPSA) is 127 Å². The molecule has 7 nitrogen and oxygen atoms in total. The summed E-state index contributed by atoms with van der Waals surface area (Å²) in [6.45, 7) is 1.96. The van der Waals surface area contributed by atoms with Crippen LogP contribution in [0.5, 0.6) is 0 Å². The van der Waals surface area contributed by atoms with Gasteiger partial charge >= 0.3 is 0 Å². The van der Waals surface area contributed by atoms with E-state index in [-0.39, 0.29) is 22.2 Å². The molecule has 1 fully saturated rings. The Morgan fingerprint density at radius 2 is 1.85 bits per heavy atom. The molecule has 8 heteroatoms. The summed E-state index contributed by atoms with van der Waals surface area (Å²) in [5, 5.41) is 3.81. The van der Waals surface area contributed by atoms with E-state index in [1.807, 2.05) is 0 Å². The van der Waals surface area contributed by atoms with Gasteiger partial charge in [-0.15, -0.1) is 11.3 Å². The number of thiophene rings is 1. The van der Waals surface area contributed by atoms with E-state index in [1.54, 1.807) is 0 Å². The second-order valence-corrected chi connectivity index (χ2v) is 6.02. The summed E-state index contributed by atoms with van der Waals surface area (Å²) >= 11 is 1.09. The highest BCUT2D eigenvalue weighted by atomic mass is 32.1. The molecule has 2 rings (SSSR count). The average Bonchev–Trinajstić information content (AvgIpc) is 2.69. The number of hydrogen-bond acceptors (Lipinski definition) is 6. The highest BCUT2D eigenvalue weighted by molar-refractivity contribution is 7.19. The molecule has 1 aromatic rings. The van der Waals surface area contributed by atoms with Crippen molar-refractivity contribution in [3.63, 3.8) is 0 Å². The van der Waals surface area contributed by atoms with E-state index in [1.165, 1.54) is 0 Å². The first-order valence-electron chi connectivity index (χ1n) is 6.37. The first-order valence-corrected chi connectivity index (χ1v) is 7.18. The molecule has 0 bridgehead atoms. The van der Waals surface area contributed by atoms with Gasteiger partial charge in [-0.3, -0.25) is 9.59 Å². The van der Waals surface area contributed by atoms with Crippen molar-refractivity contribution >= 4 is 33.8 Å². The second-order valence-electron chi connectivity index (χ2n) is 5.00. The quantitative estimate of drug-likeness (QED) is 0.623. The third kappa shape index (κ3) is 2.86. The highest BCUT2D eigenvalue weighted by Gasteiger charge is 2.25. The summed E-state index contributed by atoms with van der Waals surface area (Å²) < 4.78 is 0. The standard InChI is InChI=1S/C12H19N5O2S/c1-17-4-2-6(3-5-17)16-12-7(10(14)18)8(13)9(20-12)11(15)19/h6,16H,2-5,13H2,1H3,(H2,14,18)(H2,15,19). The SMILES string of the molecule is CN1CCC(Nc2sc(C(N)=O)c(N)c2C(N)=O)CC1. The molecule has 20 heavy (non-hydrogen) atoms. The van der Waals surface area contributed by atoms with Gasteiger partial charge in [0.2, 0.25) is 0 Å². The Bertz CT molecular complexity index is 534. The van der Waals surface area contributed by atoms with Crippen LogP contribution in [0.15, 0.2) is 0 Å². The average molecular weight is 297 g/mol. The van der Waals surface area contributed by atoms with Crippen molar-refractivity contribution in [1.82, 2.24) is 4.90 Å². The molecule has 0 atom stereocenters. The lowest BCUT2D eigenvalue weighted by molar-refractivity contribution is 0.0999. The van der Waals surface area contributed by atoms with E-state index in [0.717, 1.165) is 37.3 Å². The number of hydrogen-bond donors (Lipinski definition) is 4. The number of primary amides is 2. The fraction of sp³-hybridized carbons (Fsp3) is 0.500. The Kier molecular flexibility index (Phi) is 4.15. The third-order valence-electron chi connectivity index (χ3n) is 3.47. The summed E-state index contributed by atoms with van der Waals surface area (Å²) in [5.41, 5.74) is 16.6. The lowest BCUT2D eigenvalue weighted by Crippen LogP contribution is -2.36. The Morgan fingerprint density at radius 1 is 1.25 bits per heavy atom. The van der Waals surface area contributed by atoms with Gasteiger partial charge in [0.1, 0.15) is 9.88 Å². The van der Waals surface area contributed by atoms with Crippen molar-refractivity contribution in [1.29, 1.82) is 0 Å². The van der Waals surface area contributed by atoms with Crippen molar-refractivity contribution in [3.8, 4) is 0 Å². The molecule has 1 aliphatic rings. The molecule has 0 unspecified atom stereocenters. The number of rotatable bonds is 4. The molecule has 0 aliphatic carbocycles. The normalized spacial score (nSPS) is 17.1. The van der Waals surface area contributed by atoms with Gasteiger partial charge in [-0.1, -0.05) is 0 Å². The number of nitrogens with zero attached hydrogens (tertiary/aromatic N) is 1. The lowest BCUT2D eigenvalue weighted by Gasteiger charge is -2.29. The largest absolute Gasteiger partial charge is 0.397 e. The van der Waals surface area contributed by atoms with Crippen LogP contribution in [-0.4, -0.2) is 42.9 Å². The maximum atomic E-state index is 11.5. The number of nitrogen functional groups attached to an aromatic ring is 1. The summed E-state index contributed by atoms with van der Waals surface area (Å²) in [4.78, 5) is 25.2. The van der Waals surface area contributed by atoms with Gasteiger partial charge in [-0.05, 0) is 33.0 Å².